The van der Waals surface area contributed by atoms with E-state index >= 15 is 0 Å². The number of nitrogens with one attached hydrogen (secondary N) is 1. The van der Waals surface area contributed by atoms with Crippen LogP contribution in [0.4, 0.5) is 0 Å². The summed E-state index contributed by atoms with van der Waals surface area (Å²) in [5.41, 5.74) is 0. The van der Waals surface area contributed by atoms with Crippen LogP contribution in [0.5, 0.6) is 0 Å². The van der Waals surface area contributed by atoms with E-state index in [2.05, 4.69) is 18.8 Å². The van der Waals surface area contributed by atoms with E-state index in [0.29, 0.717) is 0 Å². The third-order valence-corrected chi connectivity index (χ3v) is 3.30. The van der Waals surface area contributed by atoms with Crippen molar-refractivity contribution in [1.82, 2.24) is 5.32 Å². The molecule has 14 heavy (non-hydrogen) atoms. The molecule has 0 heterocycles. The van der Waals surface area contributed by atoms with Crippen LogP contribution in [0, 0.1) is 5.92 Å². The molecule has 0 aromatic heterocycles. The third kappa shape index (κ3) is 4.28. The van der Waals surface area contributed by atoms with E-state index in [4.69, 9.17) is 0 Å². The van der Waals surface area contributed by atoms with Gasteiger partial charge in [-0.2, -0.15) is 0 Å². The lowest BCUT2D eigenvalue weighted by molar-refractivity contribution is 0.272. The van der Waals surface area contributed by atoms with Crippen molar-refractivity contribution in [3.05, 3.63) is 12.7 Å². The van der Waals surface area contributed by atoms with Crippen molar-refractivity contribution in [3.63, 3.8) is 0 Å². The highest BCUT2D eigenvalue weighted by Gasteiger charge is 2.20. The van der Waals surface area contributed by atoms with Gasteiger partial charge in [0.2, 0.25) is 0 Å². The molecule has 1 nitrogen and oxygen atoms in total. The first kappa shape index (κ1) is 11.8. The number of hydrogen-bond donors (Lipinski definition) is 1. The van der Waals surface area contributed by atoms with Crippen LogP contribution in [0.15, 0.2) is 12.7 Å². The Bertz CT molecular complexity index is 151. The minimum atomic E-state index is 0.808. The highest BCUT2D eigenvalue weighted by Crippen LogP contribution is 2.28. The Kier molecular flexibility index (Phi) is 5.93. The normalized spacial score (nSPS) is 27.5. The lowest BCUT2D eigenvalue weighted by Gasteiger charge is -2.29. The Balaban J connectivity index is 2.15. The van der Waals surface area contributed by atoms with Gasteiger partial charge in [0, 0.05) is 6.04 Å². The van der Waals surface area contributed by atoms with Gasteiger partial charge < -0.3 is 5.32 Å². The summed E-state index contributed by atoms with van der Waals surface area (Å²) in [6.07, 6.45) is 11.7. The molecule has 0 spiro atoms. The fraction of sp³-hybridized carbons (Fsp3) is 0.846. The van der Waals surface area contributed by atoms with Crippen molar-refractivity contribution in [2.45, 2.75) is 57.9 Å². The van der Waals surface area contributed by atoms with E-state index in [1.807, 2.05) is 6.08 Å². The highest BCUT2D eigenvalue weighted by atomic mass is 14.9. The van der Waals surface area contributed by atoms with Gasteiger partial charge in [0.25, 0.3) is 0 Å². The van der Waals surface area contributed by atoms with Crippen molar-refractivity contribution in [2.75, 3.05) is 6.54 Å². The molecule has 1 N–H and O–H groups in total. The van der Waals surface area contributed by atoms with Crippen LogP contribution < -0.4 is 5.32 Å². The molecule has 2 atom stereocenters. The zero-order valence-corrected chi connectivity index (χ0v) is 9.60. The molecule has 0 saturated heterocycles. The van der Waals surface area contributed by atoms with Gasteiger partial charge in [-0.3, -0.25) is 0 Å². The van der Waals surface area contributed by atoms with Gasteiger partial charge >= 0.3 is 0 Å². The van der Waals surface area contributed by atoms with Gasteiger partial charge in [-0.05, 0) is 38.1 Å². The van der Waals surface area contributed by atoms with E-state index in [9.17, 15) is 0 Å². The van der Waals surface area contributed by atoms with Gasteiger partial charge in [0.05, 0.1) is 0 Å². The molecule has 1 rings (SSSR count). The zero-order valence-electron chi connectivity index (χ0n) is 9.60. The van der Waals surface area contributed by atoms with Crippen molar-refractivity contribution in [2.24, 2.45) is 5.92 Å². The summed E-state index contributed by atoms with van der Waals surface area (Å²) < 4.78 is 0. The maximum atomic E-state index is 3.78. The largest absolute Gasteiger partial charge is 0.314 e. The number of unbranched alkanes of at least 4 members (excludes halogenated alkanes) is 1. The fourth-order valence-corrected chi connectivity index (χ4v) is 2.58. The average molecular weight is 195 g/mol. The summed E-state index contributed by atoms with van der Waals surface area (Å²) in [6.45, 7) is 7.11. The Labute approximate surface area is 89.0 Å². The molecule has 0 radical (unpaired) electrons. The number of rotatable bonds is 6. The van der Waals surface area contributed by atoms with Crippen molar-refractivity contribution in [1.29, 1.82) is 0 Å². The van der Waals surface area contributed by atoms with Gasteiger partial charge in [-0.1, -0.05) is 32.3 Å². The minimum Gasteiger partial charge on any atom is -0.314 e. The SMILES string of the molecule is C=CCCCC1CCCC(NCC)C1. The molecule has 1 aliphatic carbocycles. The summed E-state index contributed by atoms with van der Waals surface area (Å²) in [7, 11) is 0. The monoisotopic (exact) mass is 195 g/mol. The molecule has 1 fully saturated rings. The Morgan fingerprint density at radius 1 is 1.43 bits per heavy atom. The number of hydrogen-bond acceptors (Lipinski definition) is 1. The van der Waals surface area contributed by atoms with Crippen LogP contribution in [0.2, 0.25) is 0 Å². The molecule has 0 bridgehead atoms. The Morgan fingerprint density at radius 2 is 2.29 bits per heavy atom. The van der Waals surface area contributed by atoms with Gasteiger partial charge in [0.15, 0.2) is 0 Å². The maximum Gasteiger partial charge on any atom is 0.00695 e. The van der Waals surface area contributed by atoms with Crippen molar-refractivity contribution in [3.8, 4) is 0 Å². The minimum absolute atomic E-state index is 0.808. The standard InChI is InChI=1S/C13H25N/c1-3-5-6-8-12-9-7-10-13(11-12)14-4-2/h3,12-14H,1,4-11H2,2H3. The Morgan fingerprint density at radius 3 is 3.00 bits per heavy atom. The lowest BCUT2D eigenvalue weighted by atomic mass is 9.83. The van der Waals surface area contributed by atoms with E-state index < -0.39 is 0 Å². The average Bonchev–Trinajstić information content (AvgIpc) is 2.19. The second kappa shape index (κ2) is 7.05. The third-order valence-electron chi connectivity index (χ3n) is 3.30. The van der Waals surface area contributed by atoms with E-state index in [0.717, 1.165) is 18.5 Å². The van der Waals surface area contributed by atoms with Crippen molar-refractivity contribution < 1.29 is 0 Å². The van der Waals surface area contributed by atoms with Crippen LogP contribution in [0.3, 0.4) is 0 Å². The molecule has 0 aromatic rings. The van der Waals surface area contributed by atoms with Gasteiger partial charge in [-0.15, -0.1) is 6.58 Å². The molecule has 1 aliphatic rings. The fourth-order valence-electron chi connectivity index (χ4n) is 2.58. The molecular weight excluding hydrogens is 170 g/mol. The van der Waals surface area contributed by atoms with Crippen LogP contribution in [-0.4, -0.2) is 12.6 Å². The summed E-state index contributed by atoms with van der Waals surface area (Å²) in [5, 5.41) is 3.58. The van der Waals surface area contributed by atoms with Gasteiger partial charge in [-0.25, -0.2) is 0 Å². The predicted molar refractivity (Wildman–Crippen MR) is 63.5 cm³/mol. The molecule has 0 aliphatic heterocycles. The van der Waals surface area contributed by atoms with E-state index in [1.165, 1.54) is 44.9 Å². The van der Waals surface area contributed by atoms with Crippen LogP contribution in [0.25, 0.3) is 0 Å². The van der Waals surface area contributed by atoms with Crippen LogP contribution in [-0.2, 0) is 0 Å². The quantitative estimate of drug-likeness (QED) is 0.505. The van der Waals surface area contributed by atoms with E-state index in [-0.39, 0.29) is 0 Å². The first-order chi connectivity index (χ1) is 6.86. The molecule has 82 valence electrons. The van der Waals surface area contributed by atoms with Crippen molar-refractivity contribution >= 4 is 0 Å². The first-order valence-electron chi connectivity index (χ1n) is 6.21. The molecule has 1 heteroatoms. The Hall–Kier alpha value is -0.300. The van der Waals surface area contributed by atoms with Crippen LogP contribution in [0.1, 0.15) is 51.9 Å². The predicted octanol–water partition coefficient (Wildman–Crippen LogP) is 3.51. The molecule has 2 unspecified atom stereocenters. The second-order valence-electron chi connectivity index (χ2n) is 4.51. The zero-order chi connectivity index (χ0) is 10.2. The smallest absolute Gasteiger partial charge is 0.00695 e. The molecule has 0 aromatic carbocycles. The highest BCUT2D eigenvalue weighted by molar-refractivity contribution is 4.78. The van der Waals surface area contributed by atoms with E-state index in [1.54, 1.807) is 0 Å². The van der Waals surface area contributed by atoms with Crippen LogP contribution >= 0.6 is 0 Å². The lowest BCUT2D eigenvalue weighted by Crippen LogP contribution is -2.33. The molecule has 1 saturated carbocycles. The molecular formula is C13H25N. The topological polar surface area (TPSA) is 12.0 Å². The summed E-state index contributed by atoms with van der Waals surface area (Å²) in [5.74, 6) is 0.979. The maximum absolute atomic E-state index is 3.78. The summed E-state index contributed by atoms with van der Waals surface area (Å²) in [4.78, 5) is 0. The van der Waals surface area contributed by atoms with Gasteiger partial charge in [0.1, 0.15) is 0 Å². The first-order valence-corrected chi connectivity index (χ1v) is 6.21. The summed E-state index contributed by atoms with van der Waals surface area (Å²) in [6, 6.07) is 0.808. The molecule has 0 amide bonds. The summed E-state index contributed by atoms with van der Waals surface area (Å²) >= 11 is 0. The number of allylic oxidation sites excluding steroid dienone is 1. The second-order valence-corrected chi connectivity index (χ2v) is 4.51.